The van der Waals surface area contributed by atoms with Gasteiger partial charge in [-0.05, 0) is 46.3 Å². The van der Waals surface area contributed by atoms with Crippen LogP contribution in [0.25, 0.3) is 0 Å². The molecule has 1 heterocycles. The Balaban J connectivity index is 2.14. The summed E-state index contributed by atoms with van der Waals surface area (Å²) in [5, 5.41) is 3.46. The van der Waals surface area contributed by atoms with Gasteiger partial charge >= 0.3 is 0 Å². The highest BCUT2D eigenvalue weighted by Crippen LogP contribution is 2.47. The van der Waals surface area contributed by atoms with Gasteiger partial charge in [-0.15, -0.1) is 0 Å². The topological polar surface area (TPSA) is 24.9 Å². The molecule has 0 bridgehead atoms. The zero-order valence-corrected chi connectivity index (χ0v) is 10.4. The van der Waals surface area contributed by atoms with Crippen LogP contribution in [0.5, 0.6) is 0 Å². The second-order valence-electron chi connectivity index (χ2n) is 4.68. The van der Waals surface area contributed by atoms with Crippen molar-refractivity contribution in [1.82, 2.24) is 4.98 Å². The quantitative estimate of drug-likeness (QED) is 0.876. The van der Waals surface area contributed by atoms with Crippen LogP contribution in [-0.2, 0) is 0 Å². The molecule has 1 atom stereocenters. The standard InChI is InChI=1S/C11H15BrN2/c1-7-4-5-13-10(9(7)12)14-8-6-11(8,2)3/h4-5,8H,6H2,1-3H3,(H,13,14). The van der Waals surface area contributed by atoms with Gasteiger partial charge in [0.15, 0.2) is 0 Å². The Labute approximate surface area is 93.3 Å². The summed E-state index contributed by atoms with van der Waals surface area (Å²) in [4.78, 5) is 4.33. The van der Waals surface area contributed by atoms with Crippen LogP contribution in [0.15, 0.2) is 16.7 Å². The van der Waals surface area contributed by atoms with Gasteiger partial charge in [0.2, 0.25) is 0 Å². The minimum absolute atomic E-state index is 0.435. The number of halogens is 1. The molecule has 1 saturated carbocycles. The maximum absolute atomic E-state index is 4.33. The van der Waals surface area contributed by atoms with E-state index in [1.54, 1.807) is 0 Å². The third-order valence-electron chi connectivity index (χ3n) is 2.91. The van der Waals surface area contributed by atoms with E-state index in [4.69, 9.17) is 0 Å². The van der Waals surface area contributed by atoms with Gasteiger partial charge in [-0.2, -0.15) is 0 Å². The summed E-state index contributed by atoms with van der Waals surface area (Å²) in [5.41, 5.74) is 1.66. The van der Waals surface area contributed by atoms with Crippen molar-refractivity contribution in [1.29, 1.82) is 0 Å². The molecule has 3 heteroatoms. The van der Waals surface area contributed by atoms with Gasteiger partial charge in [0, 0.05) is 12.2 Å². The lowest BCUT2D eigenvalue weighted by molar-refractivity contribution is 0.629. The van der Waals surface area contributed by atoms with Crippen molar-refractivity contribution in [2.24, 2.45) is 5.41 Å². The highest BCUT2D eigenvalue weighted by Gasteiger charge is 2.46. The summed E-state index contributed by atoms with van der Waals surface area (Å²) in [6.07, 6.45) is 3.08. The molecule has 0 amide bonds. The molecule has 1 unspecified atom stereocenters. The van der Waals surface area contributed by atoms with E-state index in [1.165, 1.54) is 12.0 Å². The smallest absolute Gasteiger partial charge is 0.140 e. The zero-order valence-electron chi connectivity index (χ0n) is 8.76. The van der Waals surface area contributed by atoms with Crippen molar-refractivity contribution in [2.45, 2.75) is 33.2 Å². The second-order valence-corrected chi connectivity index (χ2v) is 5.47. The fourth-order valence-electron chi connectivity index (χ4n) is 1.52. The molecular formula is C11H15BrN2. The van der Waals surface area contributed by atoms with Crippen LogP contribution < -0.4 is 5.32 Å². The summed E-state index contributed by atoms with van der Waals surface area (Å²) in [6.45, 7) is 6.62. The number of hydrogen-bond donors (Lipinski definition) is 1. The first-order chi connectivity index (χ1) is 6.50. The predicted molar refractivity (Wildman–Crippen MR) is 62.5 cm³/mol. The maximum atomic E-state index is 4.33. The van der Waals surface area contributed by atoms with Gasteiger partial charge in [-0.1, -0.05) is 13.8 Å². The number of aryl methyl sites for hydroxylation is 1. The zero-order chi connectivity index (χ0) is 10.3. The van der Waals surface area contributed by atoms with Crippen molar-refractivity contribution in [3.8, 4) is 0 Å². The monoisotopic (exact) mass is 254 g/mol. The third-order valence-corrected chi connectivity index (χ3v) is 3.91. The number of nitrogens with zero attached hydrogens (tertiary/aromatic N) is 1. The van der Waals surface area contributed by atoms with Crippen LogP contribution in [0.1, 0.15) is 25.8 Å². The van der Waals surface area contributed by atoms with E-state index >= 15 is 0 Å². The molecule has 1 aliphatic rings. The number of anilines is 1. The fourth-order valence-corrected chi connectivity index (χ4v) is 1.87. The SMILES string of the molecule is Cc1ccnc(NC2CC2(C)C)c1Br. The number of pyridine rings is 1. The molecule has 0 aromatic carbocycles. The first-order valence-electron chi connectivity index (χ1n) is 4.88. The van der Waals surface area contributed by atoms with Crippen molar-refractivity contribution >= 4 is 21.7 Å². The predicted octanol–water partition coefficient (Wildman–Crippen LogP) is 3.36. The van der Waals surface area contributed by atoms with Gasteiger partial charge in [-0.25, -0.2) is 4.98 Å². The molecule has 0 spiro atoms. The van der Waals surface area contributed by atoms with Crippen LogP contribution in [-0.4, -0.2) is 11.0 Å². The Hall–Kier alpha value is -0.570. The molecule has 1 aromatic heterocycles. The van der Waals surface area contributed by atoms with E-state index in [0.717, 1.165) is 10.3 Å². The van der Waals surface area contributed by atoms with Gasteiger partial charge in [0.25, 0.3) is 0 Å². The molecule has 1 aliphatic carbocycles. The number of rotatable bonds is 2. The van der Waals surface area contributed by atoms with Gasteiger partial charge in [0.1, 0.15) is 5.82 Å². The molecule has 0 saturated heterocycles. The summed E-state index contributed by atoms with van der Waals surface area (Å²) < 4.78 is 1.09. The molecule has 14 heavy (non-hydrogen) atoms. The molecule has 1 fully saturated rings. The Kier molecular flexibility index (Phi) is 2.30. The van der Waals surface area contributed by atoms with E-state index in [9.17, 15) is 0 Å². The van der Waals surface area contributed by atoms with E-state index in [2.05, 4.69) is 47.0 Å². The maximum Gasteiger partial charge on any atom is 0.140 e. The van der Waals surface area contributed by atoms with Gasteiger partial charge < -0.3 is 5.32 Å². The van der Waals surface area contributed by atoms with E-state index < -0.39 is 0 Å². The van der Waals surface area contributed by atoms with E-state index in [1.807, 2.05) is 12.3 Å². The van der Waals surface area contributed by atoms with Crippen LogP contribution in [0, 0.1) is 12.3 Å². The fraction of sp³-hybridized carbons (Fsp3) is 0.545. The van der Waals surface area contributed by atoms with Crippen molar-refractivity contribution in [2.75, 3.05) is 5.32 Å². The number of nitrogens with one attached hydrogen (secondary N) is 1. The van der Waals surface area contributed by atoms with Gasteiger partial charge in [-0.3, -0.25) is 0 Å². The molecule has 0 radical (unpaired) electrons. The molecule has 0 aliphatic heterocycles. The average molecular weight is 255 g/mol. The summed E-state index contributed by atoms with van der Waals surface area (Å²) in [7, 11) is 0. The first kappa shape index (κ1) is 9.97. The Morgan fingerprint density at radius 3 is 2.79 bits per heavy atom. The highest BCUT2D eigenvalue weighted by molar-refractivity contribution is 9.10. The molecular weight excluding hydrogens is 240 g/mol. The normalized spacial score (nSPS) is 23.3. The molecule has 1 N–H and O–H groups in total. The highest BCUT2D eigenvalue weighted by atomic mass is 79.9. The average Bonchev–Trinajstić information content (AvgIpc) is 2.68. The molecule has 1 aromatic rings. The number of hydrogen-bond acceptors (Lipinski definition) is 2. The summed E-state index contributed by atoms with van der Waals surface area (Å²) in [6, 6.07) is 2.58. The third kappa shape index (κ3) is 1.78. The Bertz CT molecular complexity index is 360. The first-order valence-corrected chi connectivity index (χ1v) is 5.67. The second kappa shape index (κ2) is 3.23. The summed E-state index contributed by atoms with van der Waals surface area (Å²) in [5.74, 6) is 0.973. The lowest BCUT2D eigenvalue weighted by Gasteiger charge is -2.10. The number of aromatic nitrogens is 1. The minimum Gasteiger partial charge on any atom is -0.366 e. The Morgan fingerprint density at radius 2 is 2.21 bits per heavy atom. The van der Waals surface area contributed by atoms with Gasteiger partial charge in [0.05, 0.1) is 4.47 Å². The Morgan fingerprint density at radius 1 is 1.57 bits per heavy atom. The van der Waals surface area contributed by atoms with Crippen LogP contribution in [0.3, 0.4) is 0 Å². The summed E-state index contributed by atoms with van der Waals surface area (Å²) >= 11 is 3.55. The van der Waals surface area contributed by atoms with Crippen LogP contribution in [0.2, 0.25) is 0 Å². The van der Waals surface area contributed by atoms with E-state index in [0.29, 0.717) is 11.5 Å². The van der Waals surface area contributed by atoms with Crippen LogP contribution in [0.4, 0.5) is 5.82 Å². The van der Waals surface area contributed by atoms with Crippen molar-refractivity contribution in [3.05, 3.63) is 22.3 Å². The minimum atomic E-state index is 0.435. The molecule has 2 nitrogen and oxygen atoms in total. The largest absolute Gasteiger partial charge is 0.366 e. The lowest BCUT2D eigenvalue weighted by Crippen LogP contribution is -2.10. The van der Waals surface area contributed by atoms with Crippen LogP contribution >= 0.6 is 15.9 Å². The molecule has 76 valence electrons. The lowest BCUT2D eigenvalue weighted by atomic mass is 10.2. The van der Waals surface area contributed by atoms with Crippen molar-refractivity contribution in [3.63, 3.8) is 0 Å². The molecule has 2 rings (SSSR count). The van der Waals surface area contributed by atoms with Crippen molar-refractivity contribution < 1.29 is 0 Å². The van der Waals surface area contributed by atoms with E-state index in [-0.39, 0.29) is 0 Å².